The molecule has 2 bridgehead atoms. The van der Waals surface area contributed by atoms with E-state index in [1.54, 1.807) is 0 Å². The lowest BCUT2D eigenvalue weighted by molar-refractivity contribution is -0.131. The van der Waals surface area contributed by atoms with Crippen molar-refractivity contribution in [3.63, 3.8) is 0 Å². The summed E-state index contributed by atoms with van der Waals surface area (Å²) in [6.07, 6.45) is 3.65. The third-order valence-electron chi connectivity index (χ3n) is 8.86. The Labute approximate surface area is 185 Å². The Morgan fingerprint density at radius 2 is 1.45 bits per heavy atom. The van der Waals surface area contributed by atoms with E-state index >= 15 is 0 Å². The van der Waals surface area contributed by atoms with Crippen LogP contribution in [0.25, 0.3) is 11.0 Å². The van der Waals surface area contributed by atoms with Crippen LogP contribution in [-0.2, 0) is 15.6 Å². The zero-order valence-electron chi connectivity index (χ0n) is 20.0. The zero-order valence-corrected chi connectivity index (χ0v) is 20.0. The van der Waals surface area contributed by atoms with Gasteiger partial charge in [0.2, 0.25) is 5.91 Å². The Kier molecular flexibility index (Phi) is 4.08. The van der Waals surface area contributed by atoms with Crippen molar-refractivity contribution in [1.82, 2.24) is 20.6 Å². The molecule has 1 aromatic heterocycles. The van der Waals surface area contributed by atoms with Crippen molar-refractivity contribution >= 4 is 16.9 Å². The van der Waals surface area contributed by atoms with Crippen molar-refractivity contribution in [3.05, 3.63) is 35.7 Å². The number of nitrogens with one attached hydrogen (secondary N) is 2. The number of nitrogens with zero attached hydrogens (tertiary/aromatic N) is 2. The lowest BCUT2D eigenvalue weighted by Gasteiger charge is -2.48. The van der Waals surface area contributed by atoms with Crippen molar-refractivity contribution in [2.45, 2.75) is 102 Å². The number of carbonyl (C=O) groups is 1. The average molecular weight is 421 g/mol. The van der Waals surface area contributed by atoms with E-state index in [-0.39, 0.29) is 33.9 Å². The monoisotopic (exact) mass is 420 g/mol. The minimum Gasteiger partial charge on any atom is -0.352 e. The van der Waals surface area contributed by atoms with Crippen LogP contribution in [0.5, 0.6) is 0 Å². The van der Waals surface area contributed by atoms with E-state index in [4.69, 9.17) is 9.97 Å². The summed E-state index contributed by atoms with van der Waals surface area (Å²) >= 11 is 0. The number of carbonyl (C=O) groups excluding carboxylic acids is 1. The molecule has 31 heavy (non-hydrogen) atoms. The molecule has 1 aliphatic heterocycles. The minimum absolute atomic E-state index is 0.0132. The fraction of sp³-hybridized carbons (Fsp3) is 0.654. The number of para-hydroxylation sites is 2. The van der Waals surface area contributed by atoms with Crippen molar-refractivity contribution in [1.29, 1.82) is 0 Å². The fourth-order valence-electron chi connectivity index (χ4n) is 7.28. The van der Waals surface area contributed by atoms with Gasteiger partial charge in [-0.1, -0.05) is 32.9 Å². The lowest BCUT2D eigenvalue weighted by atomic mass is 9.63. The van der Waals surface area contributed by atoms with Gasteiger partial charge in [0, 0.05) is 22.5 Å². The van der Waals surface area contributed by atoms with E-state index in [0.717, 1.165) is 48.1 Å². The Balaban J connectivity index is 1.59. The molecule has 5 heteroatoms. The van der Waals surface area contributed by atoms with Crippen molar-refractivity contribution in [2.24, 2.45) is 5.41 Å². The summed E-state index contributed by atoms with van der Waals surface area (Å²) in [5.74, 6) is 0.142. The maximum absolute atomic E-state index is 14.2. The molecule has 2 aromatic rings. The molecule has 5 rings (SSSR count). The van der Waals surface area contributed by atoms with Gasteiger partial charge < -0.3 is 10.6 Å². The second-order valence-electron chi connectivity index (χ2n) is 12.2. The molecule has 2 heterocycles. The highest BCUT2D eigenvalue weighted by Gasteiger charge is 2.73. The van der Waals surface area contributed by atoms with Crippen LogP contribution in [0.4, 0.5) is 0 Å². The third-order valence-corrected chi connectivity index (χ3v) is 8.86. The van der Waals surface area contributed by atoms with Crippen LogP contribution in [0.3, 0.4) is 0 Å². The Morgan fingerprint density at radius 3 is 2.03 bits per heavy atom. The summed E-state index contributed by atoms with van der Waals surface area (Å²) in [5.41, 5.74) is 2.69. The Morgan fingerprint density at radius 1 is 0.903 bits per heavy atom. The first-order chi connectivity index (χ1) is 14.3. The molecule has 5 nitrogen and oxygen atoms in total. The molecule has 1 saturated heterocycles. The molecule has 3 aliphatic rings. The number of piperidine rings is 1. The van der Waals surface area contributed by atoms with Gasteiger partial charge in [-0.25, -0.2) is 9.97 Å². The largest absolute Gasteiger partial charge is 0.352 e. The number of benzene rings is 1. The molecule has 2 fully saturated rings. The Bertz CT molecular complexity index is 1070. The van der Waals surface area contributed by atoms with Crippen LogP contribution in [0.1, 0.15) is 85.5 Å². The first-order valence-corrected chi connectivity index (χ1v) is 11.7. The molecular weight excluding hydrogens is 384 g/mol. The molecular formula is C26H36N4O. The van der Waals surface area contributed by atoms with Crippen LogP contribution in [0.2, 0.25) is 0 Å². The molecule has 0 unspecified atom stereocenters. The van der Waals surface area contributed by atoms with Gasteiger partial charge in [-0.2, -0.15) is 0 Å². The number of hydrogen-bond acceptors (Lipinski definition) is 4. The minimum atomic E-state index is -0.632. The van der Waals surface area contributed by atoms with Crippen molar-refractivity contribution in [2.75, 3.05) is 0 Å². The lowest BCUT2D eigenvalue weighted by Crippen LogP contribution is -2.64. The van der Waals surface area contributed by atoms with E-state index < -0.39 is 5.41 Å². The highest BCUT2D eigenvalue weighted by molar-refractivity contribution is 5.93. The average Bonchev–Trinajstić information content (AvgIpc) is 2.93. The predicted octanol–water partition coefficient (Wildman–Crippen LogP) is 4.38. The standard InChI is InChI=1S/C26H36N4O/c1-22(2)14-16(15-23(3,4)30-22)27-21(31)26-13-12-25(7,24(26,5)6)19-20(26)29-18-11-9-8-10-17(18)28-19/h8-11,16,30H,12-15H2,1-7H3,(H,27,31)/t25-,26+/m0/s1. The molecule has 1 amide bonds. The molecule has 2 atom stereocenters. The van der Waals surface area contributed by atoms with Gasteiger partial charge in [0.1, 0.15) is 0 Å². The van der Waals surface area contributed by atoms with Gasteiger partial charge in [0.25, 0.3) is 0 Å². The summed E-state index contributed by atoms with van der Waals surface area (Å²) in [7, 11) is 0. The third kappa shape index (κ3) is 2.68. The topological polar surface area (TPSA) is 66.9 Å². The molecule has 2 aliphatic carbocycles. The summed E-state index contributed by atoms with van der Waals surface area (Å²) < 4.78 is 0. The highest BCUT2D eigenvalue weighted by Crippen LogP contribution is 2.70. The van der Waals surface area contributed by atoms with Crippen LogP contribution in [0, 0.1) is 5.41 Å². The summed E-state index contributed by atoms with van der Waals surface area (Å²) in [5, 5.41) is 7.23. The van der Waals surface area contributed by atoms with Crippen LogP contribution >= 0.6 is 0 Å². The maximum Gasteiger partial charge on any atom is 0.233 e. The zero-order chi connectivity index (χ0) is 22.4. The van der Waals surface area contributed by atoms with Gasteiger partial charge in [0.15, 0.2) is 0 Å². The highest BCUT2D eigenvalue weighted by atomic mass is 16.2. The van der Waals surface area contributed by atoms with Crippen molar-refractivity contribution < 1.29 is 4.79 Å². The number of rotatable bonds is 2. The molecule has 166 valence electrons. The van der Waals surface area contributed by atoms with Crippen molar-refractivity contribution in [3.8, 4) is 0 Å². The van der Waals surface area contributed by atoms with E-state index in [1.165, 1.54) is 0 Å². The molecule has 2 N–H and O–H groups in total. The second kappa shape index (κ2) is 6.06. The van der Waals surface area contributed by atoms with Gasteiger partial charge in [-0.05, 0) is 70.9 Å². The van der Waals surface area contributed by atoms with Gasteiger partial charge in [0.05, 0.1) is 27.8 Å². The maximum atomic E-state index is 14.2. The van der Waals surface area contributed by atoms with Gasteiger partial charge in [-0.3, -0.25) is 4.79 Å². The molecule has 1 saturated carbocycles. The predicted molar refractivity (Wildman–Crippen MR) is 124 cm³/mol. The van der Waals surface area contributed by atoms with E-state index in [2.05, 4.69) is 59.1 Å². The number of aromatic nitrogens is 2. The number of fused-ring (bicyclic) bond motifs is 6. The number of amides is 1. The summed E-state index contributed by atoms with van der Waals surface area (Å²) in [6, 6.07) is 8.18. The first kappa shape index (κ1) is 20.9. The van der Waals surface area contributed by atoms with Gasteiger partial charge >= 0.3 is 0 Å². The normalized spacial score (nSPS) is 32.7. The fourth-order valence-corrected chi connectivity index (χ4v) is 7.28. The molecule has 0 spiro atoms. The molecule has 1 aromatic carbocycles. The van der Waals surface area contributed by atoms with Gasteiger partial charge in [-0.15, -0.1) is 0 Å². The number of hydrogen-bond donors (Lipinski definition) is 2. The van der Waals surface area contributed by atoms with E-state index in [0.29, 0.717) is 0 Å². The first-order valence-electron chi connectivity index (χ1n) is 11.7. The Hall–Kier alpha value is -2.01. The quantitative estimate of drug-likeness (QED) is 0.756. The van der Waals surface area contributed by atoms with E-state index in [9.17, 15) is 4.79 Å². The van der Waals surface area contributed by atoms with Crippen LogP contribution in [-0.4, -0.2) is 33.0 Å². The van der Waals surface area contributed by atoms with E-state index in [1.807, 2.05) is 24.3 Å². The summed E-state index contributed by atoms with van der Waals surface area (Å²) in [6.45, 7) is 15.7. The van der Waals surface area contributed by atoms with Crippen LogP contribution in [0.15, 0.2) is 24.3 Å². The second-order valence-corrected chi connectivity index (χ2v) is 12.2. The van der Waals surface area contributed by atoms with Crippen LogP contribution < -0.4 is 10.6 Å². The smallest absolute Gasteiger partial charge is 0.233 e. The SMILES string of the molecule is CC1(C)CC(NC(=O)[C@@]23CC[C@@](C)(c4nc5ccccc5nc42)C3(C)C)CC(C)(C)N1. The molecule has 0 radical (unpaired) electrons. The summed E-state index contributed by atoms with van der Waals surface area (Å²) in [4.78, 5) is 24.3.